The van der Waals surface area contributed by atoms with Gasteiger partial charge in [0, 0.05) is 0 Å². The maximum Gasteiger partial charge on any atom is -0.00704 e. The van der Waals surface area contributed by atoms with Crippen LogP contribution < -0.4 is 0 Å². The molecule has 140 valence electrons. The van der Waals surface area contributed by atoms with Crippen LogP contribution in [0.5, 0.6) is 0 Å². The zero-order chi connectivity index (χ0) is 18.5. The number of benzene rings is 3. The third-order valence-corrected chi connectivity index (χ3v) is 6.29. The summed E-state index contributed by atoms with van der Waals surface area (Å²) in [6.07, 6.45) is 12.2. The molecule has 0 heteroatoms. The van der Waals surface area contributed by atoms with Crippen molar-refractivity contribution in [1.29, 1.82) is 0 Å². The predicted octanol–water partition coefficient (Wildman–Crippen LogP) is 7.97. The predicted molar refractivity (Wildman–Crippen MR) is 118 cm³/mol. The summed E-state index contributed by atoms with van der Waals surface area (Å²) in [6, 6.07) is 22.7. The Labute approximate surface area is 164 Å². The summed E-state index contributed by atoms with van der Waals surface area (Å²) in [4.78, 5) is 0. The molecule has 0 heterocycles. The fourth-order valence-electron chi connectivity index (χ4n) is 4.86. The van der Waals surface area contributed by atoms with Crippen molar-refractivity contribution in [3.63, 3.8) is 0 Å². The first-order valence-corrected chi connectivity index (χ1v) is 11.0. The van der Waals surface area contributed by atoms with Crippen LogP contribution in [-0.2, 0) is 12.8 Å². The molecule has 0 aromatic heterocycles. The normalized spacial score (nSPS) is 16.0. The van der Waals surface area contributed by atoms with Gasteiger partial charge in [-0.3, -0.25) is 0 Å². The summed E-state index contributed by atoms with van der Waals surface area (Å²) in [7, 11) is 0. The third kappa shape index (κ3) is 4.10. The van der Waals surface area contributed by atoms with E-state index in [1.165, 1.54) is 79.7 Å². The summed E-state index contributed by atoms with van der Waals surface area (Å²) in [5.41, 5.74) is 6.06. The highest BCUT2D eigenvalue weighted by molar-refractivity contribution is 5.99. The molecule has 0 aliphatic heterocycles. The minimum absolute atomic E-state index is 0.778. The zero-order valence-electron chi connectivity index (χ0n) is 16.7. The highest BCUT2D eigenvalue weighted by Gasteiger charge is 2.22. The first-order valence-electron chi connectivity index (χ1n) is 11.0. The summed E-state index contributed by atoms with van der Waals surface area (Å²) in [5, 5.41) is 2.78. The van der Waals surface area contributed by atoms with E-state index >= 15 is 0 Å². The Morgan fingerprint density at radius 1 is 0.704 bits per heavy atom. The second-order valence-corrected chi connectivity index (χ2v) is 8.31. The first-order chi connectivity index (χ1) is 13.4. The summed E-state index contributed by atoms with van der Waals surface area (Å²) >= 11 is 0. The van der Waals surface area contributed by atoms with E-state index in [0.29, 0.717) is 0 Å². The third-order valence-electron chi connectivity index (χ3n) is 6.29. The fourth-order valence-corrected chi connectivity index (χ4v) is 4.86. The second kappa shape index (κ2) is 8.74. The lowest BCUT2D eigenvalue weighted by atomic mass is 9.89. The Bertz CT molecular complexity index is 889. The van der Waals surface area contributed by atoms with Crippen LogP contribution in [0.2, 0.25) is 0 Å². The number of hydrogen-bond donors (Lipinski definition) is 0. The molecule has 3 aromatic carbocycles. The van der Waals surface area contributed by atoms with Crippen molar-refractivity contribution in [3.05, 3.63) is 71.8 Å². The van der Waals surface area contributed by atoms with Crippen molar-refractivity contribution in [2.45, 2.75) is 64.7 Å². The van der Waals surface area contributed by atoms with E-state index in [-0.39, 0.29) is 0 Å². The Hall–Kier alpha value is -2.08. The highest BCUT2D eigenvalue weighted by Crippen LogP contribution is 2.40. The van der Waals surface area contributed by atoms with Gasteiger partial charge in [0.15, 0.2) is 0 Å². The minimum atomic E-state index is 0.778. The lowest BCUT2D eigenvalue weighted by molar-refractivity contribution is 0.448. The van der Waals surface area contributed by atoms with Crippen LogP contribution in [-0.4, -0.2) is 0 Å². The zero-order valence-corrected chi connectivity index (χ0v) is 16.7. The van der Waals surface area contributed by atoms with E-state index in [0.717, 1.165) is 5.92 Å². The Morgan fingerprint density at radius 3 is 2.37 bits per heavy atom. The lowest BCUT2D eigenvalue weighted by Gasteiger charge is -2.15. The summed E-state index contributed by atoms with van der Waals surface area (Å²) in [5.74, 6) is 0.778. The van der Waals surface area contributed by atoms with Gasteiger partial charge in [0.2, 0.25) is 0 Å². The van der Waals surface area contributed by atoms with Crippen LogP contribution in [0.25, 0.3) is 21.9 Å². The van der Waals surface area contributed by atoms with Crippen LogP contribution in [0.4, 0.5) is 0 Å². The van der Waals surface area contributed by atoms with E-state index in [1.807, 2.05) is 0 Å². The maximum atomic E-state index is 2.40. The Morgan fingerprint density at radius 2 is 1.44 bits per heavy atom. The molecule has 0 saturated heterocycles. The van der Waals surface area contributed by atoms with E-state index in [2.05, 4.69) is 67.6 Å². The number of fused-ring (bicyclic) bond motifs is 5. The van der Waals surface area contributed by atoms with E-state index < -0.39 is 0 Å². The molecule has 27 heavy (non-hydrogen) atoms. The molecule has 0 saturated carbocycles. The van der Waals surface area contributed by atoms with Gasteiger partial charge in [-0.2, -0.15) is 0 Å². The van der Waals surface area contributed by atoms with Crippen molar-refractivity contribution in [2.24, 2.45) is 5.92 Å². The summed E-state index contributed by atoms with van der Waals surface area (Å²) in [6.45, 7) is 2.30. The molecule has 0 N–H and O–H groups in total. The van der Waals surface area contributed by atoms with E-state index in [4.69, 9.17) is 0 Å². The topological polar surface area (TPSA) is 0 Å². The molecule has 0 bridgehead atoms. The van der Waals surface area contributed by atoms with Gasteiger partial charge in [0.1, 0.15) is 0 Å². The highest BCUT2D eigenvalue weighted by atomic mass is 14.3. The van der Waals surface area contributed by atoms with Crippen LogP contribution >= 0.6 is 0 Å². The van der Waals surface area contributed by atoms with Gasteiger partial charge in [-0.05, 0) is 58.2 Å². The first kappa shape index (κ1) is 18.3. The molecular formula is C27H32. The Kier molecular flexibility index (Phi) is 5.92. The van der Waals surface area contributed by atoms with Gasteiger partial charge in [0.05, 0.1) is 0 Å². The van der Waals surface area contributed by atoms with Crippen molar-refractivity contribution < 1.29 is 0 Å². The molecule has 1 aliphatic carbocycles. The molecule has 4 rings (SSSR count). The van der Waals surface area contributed by atoms with Gasteiger partial charge < -0.3 is 0 Å². The summed E-state index contributed by atoms with van der Waals surface area (Å²) < 4.78 is 0. The van der Waals surface area contributed by atoms with Gasteiger partial charge >= 0.3 is 0 Å². The molecule has 1 atom stereocenters. The molecule has 3 aromatic rings. The molecule has 0 amide bonds. The number of rotatable bonds is 7. The average Bonchev–Trinajstić information content (AvgIpc) is 2.87. The van der Waals surface area contributed by atoms with Gasteiger partial charge in [-0.1, -0.05) is 106 Å². The van der Waals surface area contributed by atoms with Crippen LogP contribution in [0, 0.1) is 5.92 Å². The SMILES string of the molecule is CCCCCCCCC1Cc2ccccc2-c2c(ccc3ccccc23)C1. The van der Waals surface area contributed by atoms with Gasteiger partial charge in [-0.25, -0.2) is 0 Å². The standard InChI is InChI=1S/C27H32/c1-2-3-4-5-6-7-12-21-19-23-14-9-11-16-26(23)27-24(20-21)18-17-22-13-8-10-15-25(22)27/h8-11,13-18,21H,2-7,12,19-20H2,1H3. The largest absolute Gasteiger partial charge is 0.0654 e. The van der Waals surface area contributed by atoms with Crippen molar-refractivity contribution in [1.82, 2.24) is 0 Å². The smallest absolute Gasteiger partial charge is 0.00704 e. The lowest BCUT2D eigenvalue weighted by Crippen LogP contribution is -2.07. The maximum absolute atomic E-state index is 2.40. The van der Waals surface area contributed by atoms with Gasteiger partial charge in [0.25, 0.3) is 0 Å². The average molecular weight is 357 g/mol. The Balaban J connectivity index is 1.60. The monoisotopic (exact) mass is 356 g/mol. The molecule has 0 nitrogen and oxygen atoms in total. The molecule has 0 fully saturated rings. The van der Waals surface area contributed by atoms with Crippen LogP contribution in [0.3, 0.4) is 0 Å². The number of unbranched alkanes of at least 4 members (excludes halogenated alkanes) is 5. The van der Waals surface area contributed by atoms with Crippen LogP contribution in [0.1, 0.15) is 63.0 Å². The molecule has 0 spiro atoms. The minimum Gasteiger partial charge on any atom is -0.0654 e. The fraction of sp³-hybridized carbons (Fsp3) is 0.407. The van der Waals surface area contributed by atoms with Crippen molar-refractivity contribution >= 4 is 10.8 Å². The van der Waals surface area contributed by atoms with Crippen molar-refractivity contribution in [2.75, 3.05) is 0 Å². The molecule has 1 unspecified atom stereocenters. The van der Waals surface area contributed by atoms with E-state index in [1.54, 1.807) is 11.1 Å². The second-order valence-electron chi connectivity index (χ2n) is 8.31. The van der Waals surface area contributed by atoms with Crippen molar-refractivity contribution in [3.8, 4) is 11.1 Å². The molecule has 1 aliphatic rings. The molecule has 0 radical (unpaired) electrons. The van der Waals surface area contributed by atoms with E-state index in [9.17, 15) is 0 Å². The molecular weight excluding hydrogens is 324 g/mol. The number of hydrogen-bond acceptors (Lipinski definition) is 0. The quantitative estimate of drug-likeness (QED) is 0.376. The van der Waals surface area contributed by atoms with Gasteiger partial charge in [-0.15, -0.1) is 0 Å². The van der Waals surface area contributed by atoms with Crippen LogP contribution in [0.15, 0.2) is 60.7 Å².